The van der Waals surface area contributed by atoms with E-state index in [2.05, 4.69) is 57.0 Å². The SMILES string of the molecule is CCC(C)(C)N(C)Cc1ccc(CN)cc1. The van der Waals surface area contributed by atoms with E-state index in [9.17, 15) is 0 Å². The van der Waals surface area contributed by atoms with Gasteiger partial charge in [0.15, 0.2) is 0 Å². The summed E-state index contributed by atoms with van der Waals surface area (Å²) in [4.78, 5) is 2.39. The van der Waals surface area contributed by atoms with Crippen LogP contribution in [0.5, 0.6) is 0 Å². The molecule has 0 bridgehead atoms. The van der Waals surface area contributed by atoms with Crippen molar-refractivity contribution in [3.8, 4) is 0 Å². The van der Waals surface area contributed by atoms with Gasteiger partial charge in [-0.15, -0.1) is 0 Å². The highest BCUT2D eigenvalue weighted by Crippen LogP contribution is 2.19. The molecule has 2 N–H and O–H groups in total. The number of nitrogens with zero attached hydrogens (tertiary/aromatic N) is 1. The van der Waals surface area contributed by atoms with E-state index in [1.165, 1.54) is 11.1 Å². The Labute approximate surface area is 99.5 Å². The molecule has 0 aromatic heterocycles. The molecule has 0 aliphatic carbocycles. The molecule has 0 spiro atoms. The summed E-state index contributed by atoms with van der Waals surface area (Å²) >= 11 is 0. The van der Waals surface area contributed by atoms with E-state index in [0.717, 1.165) is 13.0 Å². The van der Waals surface area contributed by atoms with Crippen molar-refractivity contribution in [1.29, 1.82) is 0 Å². The van der Waals surface area contributed by atoms with Crippen molar-refractivity contribution in [1.82, 2.24) is 4.90 Å². The first-order chi connectivity index (χ1) is 7.49. The highest BCUT2D eigenvalue weighted by molar-refractivity contribution is 5.22. The van der Waals surface area contributed by atoms with Gasteiger partial charge in [-0.25, -0.2) is 0 Å². The molecule has 2 heteroatoms. The molecule has 0 aliphatic rings. The van der Waals surface area contributed by atoms with Crippen LogP contribution in [-0.4, -0.2) is 17.5 Å². The van der Waals surface area contributed by atoms with Crippen LogP contribution in [-0.2, 0) is 13.1 Å². The van der Waals surface area contributed by atoms with Crippen molar-refractivity contribution in [2.24, 2.45) is 5.73 Å². The smallest absolute Gasteiger partial charge is 0.0235 e. The van der Waals surface area contributed by atoms with Crippen molar-refractivity contribution in [2.45, 2.75) is 45.8 Å². The highest BCUT2D eigenvalue weighted by Gasteiger charge is 2.20. The number of rotatable bonds is 5. The van der Waals surface area contributed by atoms with Crippen LogP contribution in [0, 0.1) is 0 Å². The topological polar surface area (TPSA) is 29.3 Å². The first-order valence-electron chi connectivity index (χ1n) is 5.98. The standard InChI is InChI=1S/C14H24N2/c1-5-14(2,3)16(4)11-13-8-6-12(10-15)7-9-13/h6-9H,5,10-11,15H2,1-4H3. The Morgan fingerprint density at radius 1 is 1.12 bits per heavy atom. The van der Waals surface area contributed by atoms with Crippen LogP contribution in [0.2, 0.25) is 0 Å². The van der Waals surface area contributed by atoms with E-state index in [0.29, 0.717) is 6.54 Å². The van der Waals surface area contributed by atoms with Crippen molar-refractivity contribution in [2.75, 3.05) is 7.05 Å². The predicted molar refractivity (Wildman–Crippen MR) is 70.2 cm³/mol. The maximum Gasteiger partial charge on any atom is 0.0235 e. The fourth-order valence-electron chi connectivity index (χ4n) is 1.54. The first-order valence-corrected chi connectivity index (χ1v) is 5.98. The molecule has 0 amide bonds. The van der Waals surface area contributed by atoms with E-state index in [-0.39, 0.29) is 5.54 Å². The lowest BCUT2D eigenvalue weighted by Crippen LogP contribution is -2.39. The molecule has 0 fully saturated rings. The Balaban J connectivity index is 2.66. The number of hydrogen-bond acceptors (Lipinski definition) is 2. The highest BCUT2D eigenvalue weighted by atomic mass is 15.2. The molecule has 0 saturated heterocycles. The molecule has 0 heterocycles. The second kappa shape index (κ2) is 5.46. The third-order valence-electron chi connectivity index (χ3n) is 3.58. The molecule has 0 unspecified atom stereocenters. The van der Waals surface area contributed by atoms with E-state index in [4.69, 9.17) is 5.73 Å². The lowest BCUT2D eigenvalue weighted by molar-refractivity contribution is 0.143. The van der Waals surface area contributed by atoms with Crippen LogP contribution in [0.4, 0.5) is 0 Å². The monoisotopic (exact) mass is 220 g/mol. The molecule has 90 valence electrons. The summed E-state index contributed by atoms with van der Waals surface area (Å²) in [6.45, 7) is 8.40. The van der Waals surface area contributed by atoms with E-state index < -0.39 is 0 Å². The molecule has 1 aromatic rings. The fourth-order valence-corrected chi connectivity index (χ4v) is 1.54. The minimum Gasteiger partial charge on any atom is -0.326 e. The lowest BCUT2D eigenvalue weighted by Gasteiger charge is -2.34. The number of nitrogens with two attached hydrogens (primary N) is 1. The van der Waals surface area contributed by atoms with Gasteiger partial charge < -0.3 is 5.73 Å². The summed E-state index contributed by atoms with van der Waals surface area (Å²) in [6.07, 6.45) is 1.16. The second-order valence-electron chi connectivity index (χ2n) is 5.04. The minimum atomic E-state index is 0.256. The van der Waals surface area contributed by atoms with Crippen LogP contribution < -0.4 is 5.73 Å². The van der Waals surface area contributed by atoms with Crippen LogP contribution in [0.15, 0.2) is 24.3 Å². The summed E-state index contributed by atoms with van der Waals surface area (Å²) in [7, 11) is 2.18. The molecule has 16 heavy (non-hydrogen) atoms. The van der Waals surface area contributed by atoms with E-state index in [1.54, 1.807) is 0 Å². The molecule has 0 aliphatic heterocycles. The zero-order chi connectivity index (χ0) is 12.2. The largest absolute Gasteiger partial charge is 0.326 e. The Bertz CT molecular complexity index is 314. The van der Waals surface area contributed by atoms with Crippen LogP contribution >= 0.6 is 0 Å². The van der Waals surface area contributed by atoms with Gasteiger partial charge in [-0.3, -0.25) is 4.90 Å². The van der Waals surface area contributed by atoms with Gasteiger partial charge in [-0.1, -0.05) is 31.2 Å². The van der Waals surface area contributed by atoms with E-state index >= 15 is 0 Å². The predicted octanol–water partition coefficient (Wildman–Crippen LogP) is 2.77. The third kappa shape index (κ3) is 3.32. The quantitative estimate of drug-likeness (QED) is 0.826. The molecular formula is C14H24N2. The van der Waals surface area contributed by atoms with Crippen LogP contribution in [0.3, 0.4) is 0 Å². The molecule has 2 nitrogen and oxygen atoms in total. The van der Waals surface area contributed by atoms with Gasteiger partial charge in [-0.05, 0) is 38.4 Å². The van der Waals surface area contributed by atoms with Gasteiger partial charge >= 0.3 is 0 Å². The first kappa shape index (κ1) is 13.2. The summed E-state index contributed by atoms with van der Waals surface area (Å²) in [5.41, 5.74) is 8.38. The van der Waals surface area contributed by atoms with Crippen LogP contribution in [0.25, 0.3) is 0 Å². The van der Waals surface area contributed by atoms with E-state index in [1.807, 2.05) is 0 Å². The van der Waals surface area contributed by atoms with Crippen molar-refractivity contribution in [3.63, 3.8) is 0 Å². The Kier molecular flexibility index (Phi) is 4.51. The van der Waals surface area contributed by atoms with Gasteiger partial charge in [-0.2, -0.15) is 0 Å². The van der Waals surface area contributed by atoms with Crippen molar-refractivity contribution in [3.05, 3.63) is 35.4 Å². The average molecular weight is 220 g/mol. The van der Waals surface area contributed by atoms with Gasteiger partial charge in [0.2, 0.25) is 0 Å². The fraction of sp³-hybridized carbons (Fsp3) is 0.571. The van der Waals surface area contributed by atoms with Gasteiger partial charge in [0, 0.05) is 18.6 Å². The number of hydrogen-bond donors (Lipinski definition) is 1. The molecule has 1 rings (SSSR count). The zero-order valence-corrected chi connectivity index (χ0v) is 11.0. The molecule has 0 radical (unpaired) electrons. The summed E-state index contributed by atoms with van der Waals surface area (Å²) in [5, 5.41) is 0. The molecular weight excluding hydrogens is 196 g/mol. The maximum atomic E-state index is 5.58. The Hall–Kier alpha value is -0.860. The average Bonchev–Trinajstić information content (AvgIpc) is 2.30. The summed E-state index contributed by atoms with van der Waals surface area (Å²) in [6, 6.07) is 8.57. The second-order valence-corrected chi connectivity index (χ2v) is 5.04. The Morgan fingerprint density at radius 3 is 2.06 bits per heavy atom. The Morgan fingerprint density at radius 2 is 1.62 bits per heavy atom. The number of benzene rings is 1. The maximum absolute atomic E-state index is 5.58. The molecule has 0 saturated carbocycles. The normalized spacial score (nSPS) is 12.1. The summed E-state index contributed by atoms with van der Waals surface area (Å²) < 4.78 is 0. The summed E-state index contributed by atoms with van der Waals surface area (Å²) in [5.74, 6) is 0. The molecule has 1 aromatic carbocycles. The van der Waals surface area contributed by atoms with Crippen molar-refractivity contribution >= 4 is 0 Å². The van der Waals surface area contributed by atoms with Gasteiger partial charge in [0.25, 0.3) is 0 Å². The zero-order valence-electron chi connectivity index (χ0n) is 11.0. The molecule has 0 atom stereocenters. The van der Waals surface area contributed by atoms with Gasteiger partial charge in [0.1, 0.15) is 0 Å². The van der Waals surface area contributed by atoms with Crippen LogP contribution in [0.1, 0.15) is 38.3 Å². The minimum absolute atomic E-state index is 0.256. The van der Waals surface area contributed by atoms with Gasteiger partial charge in [0.05, 0.1) is 0 Å². The third-order valence-corrected chi connectivity index (χ3v) is 3.58. The lowest BCUT2D eigenvalue weighted by atomic mass is 9.99. The van der Waals surface area contributed by atoms with Crippen molar-refractivity contribution < 1.29 is 0 Å².